The van der Waals surface area contributed by atoms with Crippen LogP contribution in [-0.2, 0) is 0 Å². The standard InChI is InChI=1S/C9H14N2/c1-4-6-9-8(5-2)10-7(3)11-9/h4-7,10-11H,2H2,1,3H3/b6-4-. The maximum atomic E-state index is 3.72. The van der Waals surface area contributed by atoms with E-state index in [1.807, 2.05) is 25.2 Å². The van der Waals surface area contributed by atoms with Gasteiger partial charge in [-0.25, -0.2) is 0 Å². The highest BCUT2D eigenvalue weighted by Gasteiger charge is 2.13. The third-order valence-corrected chi connectivity index (χ3v) is 1.57. The number of rotatable bonds is 2. The van der Waals surface area contributed by atoms with Gasteiger partial charge < -0.3 is 10.6 Å². The maximum absolute atomic E-state index is 3.72. The molecule has 0 aliphatic carbocycles. The maximum Gasteiger partial charge on any atom is 0.0935 e. The van der Waals surface area contributed by atoms with Gasteiger partial charge in [0.05, 0.1) is 17.6 Å². The van der Waals surface area contributed by atoms with Gasteiger partial charge in [0, 0.05) is 0 Å². The van der Waals surface area contributed by atoms with Gasteiger partial charge in [-0.2, -0.15) is 0 Å². The van der Waals surface area contributed by atoms with Crippen LogP contribution in [0, 0.1) is 0 Å². The van der Waals surface area contributed by atoms with E-state index in [2.05, 4.69) is 24.1 Å². The quantitative estimate of drug-likeness (QED) is 0.623. The van der Waals surface area contributed by atoms with Gasteiger partial charge >= 0.3 is 0 Å². The van der Waals surface area contributed by atoms with Crippen LogP contribution in [0.2, 0.25) is 0 Å². The molecule has 2 heteroatoms. The molecule has 2 N–H and O–H groups in total. The fourth-order valence-corrected chi connectivity index (χ4v) is 1.13. The highest BCUT2D eigenvalue weighted by molar-refractivity contribution is 5.33. The van der Waals surface area contributed by atoms with Crippen LogP contribution in [0.15, 0.2) is 36.2 Å². The molecule has 0 aromatic rings. The van der Waals surface area contributed by atoms with Crippen LogP contribution in [0.4, 0.5) is 0 Å². The Morgan fingerprint density at radius 3 is 2.55 bits per heavy atom. The lowest BCUT2D eigenvalue weighted by molar-refractivity contribution is 0.611. The van der Waals surface area contributed by atoms with Gasteiger partial charge in [-0.15, -0.1) is 0 Å². The first-order valence-electron chi connectivity index (χ1n) is 3.80. The summed E-state index contributed by atoms with van der Waals surface area (Å²) in [6.45, 7) is 7.78. The second-order valence-electron chi connectivity index (χ2n) is 2.54. The lowest BCUT2D eigenvalue weighted by Crippen LogP contribution is -2.28. The van der Waals surface area contributed by atoms with Gasteiger partial charge in [-0.05, 0) is 26.0 Å². The molecule has 1 rings (SSSR count). The summed E-state index contributed by atoms with van der Waals surface area (Å²) in [7, 11) is 0. The van der Waals surface area contributed by atoms with E-state index in [9.17, 15) is 0 Å². The van der Waals surface area contributed by atoms with Gasteiger partial charge in [-0.3, -0.25) is 0 Å². The van der Waals surface area contributed by atoms with E-state index >= 15 is 0 Å². The van der Waals surface area contributed by atoms with Crippen LogP contribution in [-0.4, -0.2) is 6.17 Å². The Kier molecular flexibility index (Phi) is 2.36. The number of hydrogen-bond donors (Lipinski definition) is 2. The summed E-state index contributed by atoms with van der Waals surface area (Å²) < 4.78 is 0. The van der Waals surface area contributed by atoms with Gasteiger partial charge in [0.25, 0.3) is 0 Å². The Morgan fingerprint density at radius 1 is 1.36 bits per heavy atom. The molecule has 0 bridgehead atoms. The number of nitrogens with one attached hydrogen (secondary N) is 2. The molecule has 0 aromatic heterocycles. The Hall–Kier alpha value is -1.18. The van der Waals surface area contributed by atoms with Crippen LogP contribution in [0.3, 0.4) is 0 Å². The van der Waals surface area contributed by atoms with Crippen molar-refractivity contribution in [3.8, 4) is 0 Å². The molecule has 11 heavy (non-hydrogen) atoms. The predicted octanol–water partition coefficient (Wildman–Crippen LogP) is 1.50. The van der Waals surface area contributed by atoms with Crippen molar-refractivity contribution in [3.63, 3.8) is 0 Å². The largest absolute Gasteiger partial charge is 0.364 e. The summed E-state index contributed by atoms with van der Waals surface area (Å²) in [6.07, 6.45) is 6.18. The normalized spacial score (nSPS) is 23.6. The molecule has 0 amide bonds. The molecule has 0 fully saturated rings. The fraction of sp³-hybridized carbons (Fsp3) is 0.333. The van der Waals surface area contributed by atoms with Crippen molar-refractivity contribution >= 4 is 0 Å². The molecule has 60 valence electrons. The zero-order valence-electron chi connectivity index (χ0n) is 7.02. The average Bonchev–Trinajstić information content (AvgIpc) is 2.32. The average molecular weight is 150 g/mol. The van der Waals surface area contributed by atoms with E-state index in [1.54, 1.807) is 0 Å². The molecule has 0 saturated heterocycles. The second kappa shape index (κ2) is 3.28. The van der Waals surface area contributed by atoms with Crippen molar-refractivity contribution < 1.29 is 0 Å². The van der Waals surface area contributed by atoms with E-state index in [0.29, 0.717) is 6.17 Å². The zero-order chi connectivity index (χ0) is 8.27. The highest BCUT2D eigenvalue weighted by Crippen LogP contribution is 2.09. The minimum absolute atomic E-state index is 0.314. The van der Waals surface area contributed by atoms with Crippen LogP contribution in [0.5, 0.6) is 0 Å². The lowest BCUT2D eigenvalue weighted by Gasteiger charge is -2.04. The summed E-state index contributed by atoms with van der Waals surface area (Å²) >= 11 is 0. The Morgan fingerprint density at radius 2 is 2.00 bits per heavy atom. The number of allylic oxidation sites excluding steroid dienone is 3. The summed E-state index contributed by atoms with van der Waals surface area (Å²) in [4.78, 5) is 0. The topological polar surface area (TPSA) is 24.1 Å². The monoisotopic (exact) mass is 150 g/mol. The summed E-state index contributed by atoms with van der Waals surface area (Å²) in [5.41, 5.74) is 2.20. The zero-order valence-corrected chi connectivity index (χ0v) is 7.02. The van der Waals surface area contributed by atoms with Crippen LogP contribution < -0.4 is 10.6 Å². The first-order valence-corrected chi connectivity index (χ1v) is 3.80. The van der Waals surface area contributed by atoms with E-state index in [-0.39, 0.29) is 0 Å². The van der Waals surface area contributed by atoms with E-state index in [1.165, 1.54) is 0 Å². The van der Waals surface area contributed by atoms with E-state index in [4.69, 9.17) is 0 Å². The third kappa shape index (κ3) is 1.64. The molecular weight excluding hydrogens is 136 g/mol. The fourth-order valence-electron chi connectivity index (χ4n) is 1.13. The lowest BCUT2D eigenvalue weighted by atomic mass is 10.3. The molecule has 0 spiro atoms. The molecule has 1 atom stereocenters. The van der Waals surface area contributed by atoms with Crippen LogP contribution >= 0.6 is 0 Å². The first-order chi connectivity index (χ1) is 5.27. The molecule has 1 unspecified atom stereocenters. The van der Waals surface area contributed by atoms with Crippen molar-refractivity contribution in [2.75, 3.05) is 0 Å². The van der Waals surface area contributed by atoms with Crippen molar-refractivity contribution in [2.45, 2.75) is 20.0 Å². The Bertz CT molecular complexity index is 214. The molecule has 1 aliphatic rings. The van der Waals surface area contributed by atoms with Gasteiger partial charge in [0.2, 0.25) is 0 Å². The van der Waals surface area contributed by atoms with Gasteiger partial charge in [0.1, 0.15) is 0 Å². The Labute approximate surface area is 67.7 Å². The SMILES string of the molecule is C=CC1=C(/C=C\C)NC(C)N1. The van der Waals surface area contributed by atoms with Crippen molar-refractivity contribution in [1.29, 1.82) is 0 Å². The molecule has 1 heterocycles. The van der Waals surface area contributed by atoms with Crippen LogP contribution in [0.25, 0.3) is 0 Å². The van der Waals surface area contributed by atoms with Gasteiger partial charge in [0.15, 0.2) is 0 Å². The molecule has 0 aromatic carbocycles. The second-order valence-corrected chi connectivity index (χ2v) is 2.54. The van der Waals surface area contributed by atoms with Crippen molar-refractivity contribution in [3.05, 3.63) is 36.2 Å². The molecule has 0 saturated carbocycles. The molecule has 1 aliphatic heterocycles. The van der Waals surface area contributed by atoms with E-state index < -0.39 is 0 Å². The predicted molar refractivity (Wildman–Crippen MR) is 47.8 cm³/mol. The molecule has 0 radical (unpaired) electrons. The summed E-state index contributed by atoms with van der Waals surface area (Å²) in [6, 6.07) is 0. The van der Waals surface area contributed by atoms with E-state index in [0.717, 1.165) is 11.4 Å². The first kappa shape index (κ1) is 7.92. The van der Waals surface area contributed by atoms with Crippen LogP contribution in [0.1, 0.15) is 13.8 Å². The third-order valence-electron chi connectivity index (χ3n) is 1.57. The summed E-state index contributed by atoms with van der Waals surface area (Å²) in [5, 5.41) is 6.50. The minimum Gasteiger partial charge on any atom is -0.364 e. The molecular formula is C9H14N2. The summed E-state index contributed by atoms with van der Waals surface area (Å²) in [5.74, 6) is 0. The highest BCUT2D eigenvalue weighted by atomic mass is 15.2. The Balaban J connectivity index is 2.79. The minimum atomic E-state index is 0.314. The number of hydrogen-bond acceptors (Lipinski definition) is 2. The van der Waals surface area contributed by atoms with Crippen molar-refractivity contribution in [2.24, 2.45) is 0 Å². The molecule has 2 nitrogen and oxygen atoms in total. The van der Waals surface area contributed by atoms with Gasteiger partial charge in [-0.1, -0.05) is 12.7 Å². The van der Waals surface area contributed by atoms with Crippen molar-refractivity contribution in [1.82, 2.24) is 10.6 Å². The smallest absolute Gasteiger partial charge is 0.0935 e.